The standard InChI is InChI=1S/C15H11BrFN3O/c16-11-8-10(6-7-12(11)17)14-19-15(21-20-14)13(18)9-4-2-1-3-5-9/h1-8,13H,18H2. The molecule has 0 radical (unpaired) electrons. The lowest BCUT2D eigenvalue weighted by Gasteiger charge is -2.05. The molecule has 1 atom stereocenters. The smallest absolute Gasteiger partial charge is 0.248 e. The van der Waals surface area contributed by atoms with Gasteiger partial charge in [0, 0.05) is 5.56 Å². The van der Waals surface area contributed by atoms with Gasteiger partial charge in [-0.25, -0.2) is 4.39 Å². The Labute approximate surface area is 128 Å². The van der Waals surface area contributed by atoms with Crippen LogP contribution in [-0.2, 0) is 0 Å². The molecule has 0 bridgehead atoms. The number of nitrogens with two attached hydrogens (primary N) is 1. The molecule has 4 nitrogen and oxygen atoms in total. The maximum atomic E-state index is 13.2. The van der Waals surface area contributed by atoms with Crippen LogP contribution in [0.2, 0.25) is 0 Å². The third-order valence-corrected chi connectivity index (χ3v) is 3.65. The Morgan fingerprint density at radius 1 is 1.14 bits per heavy atom. The Morgan fingerprint density at radius 2 is 1.90 bits per heavy atom. The average molecular weight is 348 g/mol. The van der Waals surface area contributed by atoms with E-state index in [2.05, 4.69) is 26.1 Å². The minimum Gasteiger partial charge on any atom is -0.337 e. The molecular formula is C15H11BrFN3O. The van der Waals surface area contributed by atoms with Crippen molar-refractivity contribution in [3.05, 3.63) is 70.3 Å². The number of benzene rings is 2. The van der Waals surface area contributed by atoms with E-state index in [9.17, 15) is 4.39 Å². The SMILES string of the molecule is NC(c1ccccc1)c1nc(-c2ccc(F)c(Br)c2)no1. The molecule has 0 saturated carbocycles. The summed E-state index contributed by atoms with van der Waals surface area (Å²) in [5.41, 5.74) is 7.63. The molecular weight excluding hydrogens is 337 g/mol. The molecule has 0 spiro atoms. The normalized spacial score (nSPS) is 12.3. The van der Waals surface area contributed by atoms with Crippen LogP contribution in [0.4, 0.5) is 4.39 Å². The van der Waals surface area contributed by atoms with E-state index in [1.54, 1.807) is 12.1 Å². The van der Waals surface area contributed by atoms with Gasteiger partial charge in [0.25, 0.3) is 0 Å². The molecule has 6 heteroatoms. The Morgan fingerprint density at radius 3 is 2.62 bits per heavy atom. The summed E-state index contributed by atoms with van der Waals surface area (Å²) in [4.78, 5) is 4.28. The van der Waals surface area contributed by atoms with Crippen molar-refractivity contribution in [2.45, 2.75) is 6.04 Å². The lowest BCUT2D eigenvalue weighted by atomic mass is 10.1. The zero-order valence-electron chi connectivity index (χ0n) is 10.8. The predicted molar refractivity (Wildman–Crippen MR) is 79.9 cm³/mol. The molecule has 0 aliphatic rings. The quantitative estimate of drug-likeness (QED) is 0.784. The van der Waals surface area contributed by atoms with E-state index >= 15 is 0 Å². The van der Waals surface area contributed by atoms with Gasteiger partial charge < -0.3 is 10.3 Å². The highest BCUT2D eigenvalue weighted by molar-refractivity contribution is 9.10. The first-order valence-corrected chi connectivity index (χ1v) is 7.04. The van der Waals surface area contributed by atoms with Crippen LogP contribution in [0.15, 0.2) is 57.5 Å². The van der Waals surface area contributed by atoms with Gasteiger partial charge in [-0.1, -0.05) is 35.5 Å². The molecule has 106 valence electrons. The summed E-state index contributed by atoms with van der Waals surface area (Å²) >= 11 is 3.13. The third-order valence-electron chi connectivity index (χ3n) is 3.04. The van der Waals surface area contributed by atoms with Crippen LogP contribution in [0.1, 0.15) is 17.5 Å². The number of rotatable bonds is 3. The van der Waals surface area contributed by atoms with Gasteiger partial charge in [0.1, 0.15) is 11.9 Å². The summed E-state index contributed by atoms with van der Waals surface area (Å²) < 4.78 is 18.8. The zero-order chi connectivity index (χ0) is 14.8. The van der Waals surface area contributed by atoms with E-state index in [4.69, 9.17) is 10.3 Å². The number of hydrogen-bond donors (Lipinski definition) is 1. The van der Waals surface area contributed by atoms with Gasteiger partial charge in [0.15, 0.2) is 0 Å². The topological polar surface area (TPSA) is 64.9 Å². The molecule has 0 aliphatic heterocycles. The molecule has 0 fully saturated rings. The van der Waals surface area contributed by atoms with Crippen LogP contribution in [0.3, 0.4) is 0 Å². The highest BCUT2D eigenvalue weighted by Gasteiger charge is 2.17. The highest BCUT2D eigenvalue weighted by atomic mass is 79.9. The highest BCUT2D eigenvalue weighted by Crippen LogP contribution is 2.25. The van der Waals surface area contributed by atoms with Crippen LogP contribution >= 0.6 is 15.9 Å². The lowest BCUT2D eigenvalue weighted by molar-refractivity contribution is 0.367. The Bertz CT molecular complexity index is 761. The Balaban J connectivity index is 1.91. The van der Waals surface area contributed by atoms with Crippen molar-refractivity contribution in [1.29, 1.82) is 0 Å². The van der Waals surface area contributed by atoms with Crippen molar-refractivity contribution in [2.24, 2.45) is 5.73 Å². The van der Waals surface area contributed by atoms with Gasteiger partial charge >= 0.3 is 0 Å². The molecule has 21 heavy (non-hydrogen) atoms. The Hall–Kier alpha value is -2.05. The molecule has 0 aliphatic carbocycles. The van der Waals surface area contributed by atoms with Gasteiger partial charge in [0.05, 0.1) is 4.47 Å². The van der Waals surface area contributed by atoms with E-state index in [0.717, 1.165) is 5.56 Å². The molecule has 1 heterocycles. The van der Waals surface area contributed by atoms with Gasteiger partial charge in [-0.2, -0.15) is 4.98 Å². The first-order chi connectivity index (χ1) is 10.1. The fraction of sp³-hybridized carbons (Fsp3) is 0.0667. The van der Waals surface area contributed by atoms with Gasteiger partial charge in [-0.3, -0.25) is 0 Å². The predicted octanol–water partition coefficient (Wildman–Crippen LogP) is 3.69. The molecule has 2 aromatic carbocycles. The fourth-order valence-corrected chi connectivity index (χ4v) is 2.30. The van der Waals surface area contributed by atoms with Crippen LogP contribution < -0.4 is 5.73 Å². The molecule has 3 rings (SSSR count). The number of aromatic nitrogens is 2. The molecule has 2 N–H and O–H groups in total. The molecule has 1 unspecified atom stereocenters. The maximum Gasteiger partial charge on any atom is 0.248 e. The number of nitrogens with zero attached hydrogens (tertiary/aromatic N) is 2. The first-order valence-electron chi connectivity index (χ1n) is 6.24. The van der Waals surface area contributed by atoms with E-state index < -0.39 is 6.04 Å². The van der Waals surface area contributed by atoms with E-state index in [1.165, 1.54) is 6.07 Å². The second-order valence-corrected chi connectivity index (χ2v) is 5.33. The summed E-state index contributed by atoms with van der Waals surface area (Å²) in [5.74, 6) is 0.345. The van der Waals surface area contributed by atoms with E-state index in [1.807, 2.05) is 30.3 Å². The first kappa shape index (κ1) is 13.9. The fourth-order valence-electron chi connectivity index (χ4n) is 1.92. The van der Waals surface area contributed by atoms with Gasteiger partial charge in [-0.15, -0.1) is 0 Å². The summed E-state index contributed by atoms with van der Waals surface area (Å²) in [6, 6.07) is 13.5. The molecule has 0 amide bonds. The van der Waals surface area contributed by atoms with Crippen molar-refractivity contribution in [3.63, 3.8) is 0 Å². The average Bonchev–Trinajstić information content (AvgIpc) is 3.00. The monoisotopic (exact) mass is 347 g/mol. The van der Waals surface area contributed by atoms with Crippen molar-refractivity contribution >= 4 is 15.9 Å². The Kier molecular flexibility index (Phi) is 3.81. The zero-order valence-corrected chi connectivity index (χ0v) is 12.4. The number of halogens is 2. The van der Waals surface area contributed by atoms with Crippen LogP contribution in [0.25, 0.3) is 11.4 Å². The summed E-state index contributed by atoms with van der Waals surface area (Å²) in [5, 5.41) is 3.89. The van der Waals surface area contributed by atoms with Crippen LogP contribution in [-0.4, -0.2) is 10.1 Å². The van der Waals surface area contributed by atoms with E-state index in [0.29, 0.717) is 21.8 Å². The largest absolute Gasteiger partial charge is 0.337 e. The van der Waals surface area contributed by atoms with Crippen LogP contribution in [0.5, 0.6) is 0 Å². The number of hydrogen-bond acceptors (Lipinski definition) is 4. The van der Waals surface area contributed by atoms with E-state index in [-0.39, 0.29) is 5.82 Å². The second-order valence-electron chi connectivity index (χ2n) is 4.47. The van der Waals surface area contributed by atoms with Crippen molar-refractivity contribution in [2.75, 3.05) is 0 Å². The minimum atomic E-state index is -0.490. The van der Waals surface area contributed by atoms with Crippen molar-refractivity contribution in [1.82, 2.24) is 10.1 Å². The van der Waals surface area contributed by atoms with Crippen molar-refractivity contribution in [3.8, 4) is 11.4 Å². The van der Waals surface area contributed by atoms with Crippen molar-refractivity contribution < 1.29 is 8.91 Å². The third kappa shape index (κ3) is 2.86. The molecule has 3 aromatic rings. The summed E-state index contributed by atoms with van der Waals surface area (Å²) in [6.45, 7) is 0. The van der Waals surface area contributed by atoms with Gasteiger partial charge in [-0.05, 0) is 39.7 Å². The molecule has 0 saturated heterocycles. The second kappa shape index (κ2) is 5.75. The molecule has 1 aromatic heterocycles. The lowest BCUT2D eigenvalue weighted by Crippen LogP contribution is -2.11. The minimum absolute atomic E-state index is 0.316. The summed E-state index contributed by atoms with van der Waals surface area (Å²) in [7, 11) is 0. The van der Waals surface area contributed by atoms with Crippen LogP contribution in [0, 0.1) is 5.82 Å². The maximum absolute atomic E-state index is 13.2. The van der Waals surface area contributed by atoms with Gasteiger partial charge in [0.2, 0.25) is 11.7 Å². The summed E-state index contributed by atoms with van der Waals surface area (Å²) in [6.07, 6.45) is 0.